The van der Waals surface area contributed by atoms with Crippen LogP contribution in [0.4, 0.5) is 13.2 Å². The molecule has 2 heterocycles. The SMILES string of the molecule is CCc1c(CCN2CCC[C@H]2C(=O)OC(=O)C(F)(F)F)cccc1-c1nsc(-c2ccc(OC(C)C)c(Cl)c2)n1. The van der Waals surface area contributed by atoms with Crippen LogP contribution in [0.5, 0.6) is 5.75 Å². The summed E-state index contributed by atoms with van der Waals surface area (Å²) in [6.07, 6.45) is -2.99. The van der Waals surface area contributed by atoms with Crippen molar-refractivity contribution in [2.75, 3.05) is 13.1 Å². The average molecular weight is 596 g/mol. The molecule has 0 radical (unpaired) electrons. The molecule has 4 rings (SSSR count). The van der Waals surface area contributed by atoms with Gasteiger partial charge >= 0.3 is 18.1 Å². The number of hydrogen-bond donors (Lipinski definition) is 0. The molecule has 1 aliphatic heterocycles. The summed E-state index contributed by atoms with van der Waals surface area (Å²) in [5.74, 6) is -2.45. The number of aromatic nitrogens is 2. The smallest absolute Gasteiger partial charge is 0.489 e. The Bertz CT molecular complexity index is 1380. The van der Waals surface area contributed by atoms with Crippen LogP contribution in [-0.2, 0) is 27.2 Å². The Morgan fingerprint density at radius 2 is 2.00 bits per heavy atom. The first kappa shape index (κ1) is 30.0. The lowest BCUT2D eigenvalue weighted by atomic mass is 9.96. The number of likely N-dealkylation sites (tertiary alicyclic amines) is 1. The molecule has 0 amide bonds. The van der Waals surface area contributed by atoms with Crippen molar-refractivity contribution < 1.29 is 32.2 Å². The zero-order valence-corrected chi connectivity index (χ0v) is 23.8. The summed E-state index contributed by atoms with van der Waals surface area (Å²) in [5, 5.41) is 1.21. The van der Waals surface area contributed by atoms with Crippen molar-refractivity contribution in [2.24, 2.45) is 0 Å². The number of nitrogens with zero attached hydrogens (tertiary/aromatic N) is 3. The topological polar surface area (TPSA) is 81.6 Å². The Morgan fingerprint density at radius 1 is 1.23 bits per heavy atom. The van der Waals surface area contributed by atoms with Gasteiger partial charge < -0.3 is 9.47 Å². The standard InChI is InChI=1S/C28H29ClF3N3O4S/c1-4-19-17(12-14-35-13-6-9-22(35)26(36)39-27(37)28(30,31)32)7-5-8-20(19)24-33-25(40-34-24)18-10-11-23(21(29)15-18)38-16(2)3/h5,7-8,10-11,15-16,22H,4,6,9,12-14H2,1-3H3/t22-/m0/s1. The predicted molar refractivity (Wildman–Crippen MR) is 146 cm³/mol. The third-order valence-electron chi connectivity index (χ3n) is 6.56. The van der Waals surface area contributed by atoms with Gasteiger partial charge in [-0.1, -0.05) is 36.7 Å². The van der Waals surface area contributed by atoms with Crippen LogP contribution < -0.4 is 4.74 Å². The van der Waals surface area contributed by atoms with Crippen LogP contribution in [0.3, 0.4) is 0 Å². The number of halogens is 4. The molecule has 1 aromatic heterocycles. The minimum Gasteiger partial charge on any atom is -0.489 e. The number of carbonyl (C=O) groups excluding carboxylic acids is 2. The van der Waals surface area contributed by atoms with E-state index in [1.165, 1.54) is 11.5 Å². The highest BCUT2D eigenvalue weighted by Crippen LogP contribution is 2.34. The lowest BCUT2D eigenvalue weighted by molar-refractivity contribution is -0.203. The summed E-state index contributed by atoms with van der Waals surface area (Å²) in [4.78, 5) is 29.9. The van der Waals surface area contributed by atoms with E-state index in [1.807, 2.05) is 51.1 Å². The zero-order chi connectivity index (χ0) is 29.0. The fourth-order valence-corrected chi connectivity index (χ4v) is 5.67. The largest absolute Gasteiger partial charge is 0.491 e. The third-order valence-corrected chi connectivity index (χ3v) is 7.62. The second-order valence-electron chi connectivity index (χ2n) is 9.68. The van der Waals surface area contributed by atoms with Crippen molar-refractivity contribution in [3.8, 4) is 27.7 Å². The number of ether oxygens (including phenoxy) is 2. The summed E-state index contributed by atoms with van der Waals surface area (Å²) in [6.45, 7) is 6.84. The lowest BCUT2D eigenvalue weighted by Crippen LogP contribution is -2.41. The van der Waals surface area contributed by atoms with Crippen molar-refractivity contribution in [3.63, 3.8) is 0 Å². The summed E-state index contributed by atoms with van der Waals surface area (Å²) in [7, 11) is 0. The number of alkyl halides is 3. The van der Waals surface area contributed by atoms with Crippen LogP contribution >= 0.6 is 23.1 Å². The van der Waals surface area contributed by atoms with Crippen LogP contribution in [0.25, 0.3) is 22.0 Å². The predicted octanol–water partition coefficient (Wildman–Crippen LogP) is 6.51. The van der Waals surface area contributed by atoms with Crippen molar-refractivity contribution in [2.45, 2.75) is 64.8 Å². The molecule has 0 saturated carbocycles. The highest BCUT2D eigenvalue weighted by molar-refractivity contribution is 7.09. The van der Waals surface area contributed by atoms with E-state index in [4.69, 9.17) is 21.3 Å². The second kappa shape index (κ2) is 12.7. The minimum atomic E-state index is -5.21. The van der Waals surface area contributed by atoms with Crippen LogP contribution in [0, 0.1) is 0 Å². The van der Waals surface area contributed by atoms with Crippen molar-refractivity contribution in [3.05, 3.63) is 52.5 Å². The molecular formula is C28H29ClF3N3O4S. The van der Waals surface area contributed by atoms with Gasteiger partial charge in [-0.15, -0.1) is 0 Å². The highest BCUT2D eigenvalue weighted by Gasteiger charge is 2.44. The molecule has 1 fully saturated rings. The first-order valence-electron chi connectivity index (χ1n) is 13.0. The minimum absolute atomic E-state index is 0.0000123. The second-order valence-corrected chi connectivity index (χ2v) is 10.8. The number of rotatable bonds is 9. The third kappa shape index (κ3) is 7.00. The number of benzene rings is 2. The number of esters is 2. The van der Waals surface area contributed by atoms with E-state index < -0.39 is 24.2 Å². The monoisotopic (exact) mass is 595 g/mol. The van der Waals surface area contributed by atoms with E-state index in [0.29, 0.717) is 60.4 Å². The molecule has 3 aromatic rings. The molecule has 0 aliphatic carbocycles. The zero-order valence-electron chi connectivity index (χ0n) is 22.3. The van der Waals surface area contributed by atoms with Gasteiger partial charge in [0.1, 0.15) is 16.8 Å². The van der Waals surface area contributed by atoms with Crippen molar-refractivity contribution in [1.29, 1.82) is 0 Å². The summed E-state index contributed by atoms with van der Waals surface area (Å²) >= 11 is 7.68. The summed E-state index contributed by atoms with van der Waals surface area (Å²) in [6, 6.07) is 10.5. The first-order chi connectivity index (χ1) is 19.0. The van der Waals surface area contributed by atoms with Gasteiger partial charge in [0.05, 0.1) is 11.1 Å². The molecule has 1 aliphatic rings. The Morgan fingerprint density at radius 3 is 2.67 bits per heavy atom. The van der Waals surface area contributed by atoms with Gasteiger partial charge in [0.25, 0.3) is 0 Å². The molecule has 0 spiro atoms. The molecule has 2 aromatic carbocycles. The van der Waals surface area contributed by atoms with Crippen LogP contribution in [0.15, 0.2) is 36.4 Å². The average Bonchev–Trinajstić information content (AvgIpc) is 3.57. The van der Waals surface area contributed by atoms with Gasteiger partial charge in [0.15, 0.2) is 5.82 Å². The number of hydrogen-bond acceptors (Lipinski definition) is 8. The van der Waals surface area contributed by atoms with Gasteiger partial charge in [0.2, 0.25) is 0 Å². The maximum atomic E-state index is 12.5. The quantitative estimate of drug-likeness (QED) is 0.206. The Balaban J connectivity index is 1.49. The fraction of sp³-hybridized carbons (Fsp3) is 0.429. The fourth-order valence-electron chi connectivity index (χ4n) is 4.77. The first-order valence-corrected chi connectivity index (χ1v) is 14.1. The normalized spacial score (nSPS) is 15.9. The number of carbonyl (C=O) groups is 2. The highest BCUT2D eigenvalue weighted by atomic mass is 35.5. The maximum Gasteiger partial charge on any atom is 0.491 e. The Hall–Kier alpha value is -3.02. The van der Waals surface area contributed by atoms with E-state index in [-0.39, 0.29) is 6.10 Å². The van der Waals surface area contributed by atoms with Gasteiger partial charge in [-0.25, -0.2) is 14.6 Å². The molecule has 40 heavy (non-hydrogen) atoms. The van der Waals surface area contributed by atoms with Crippen LogP contribution in [-0.4, -0.2) is 57.6 Å². The Labute approximate surface area is 239 Å². The lowest BCUT2D eigenvalue weighted by Gasteiger charge is -2.23. The van der Waals surface area contributed by atoms with E-state index in [9.17, 15) is 22.8 Å². The van der Waals surface area contributed by atoms with E-state index in [0.717, 1.165) is 22.3 Å². The van der Waals surface area contributed by atoms with Crippen LogP contribution in [0.1, 0.15) is 44.7 Å². The van der Waals surface area contributed by atoms with Gasteiger partial charge in [0, 0.05) is 17.7 Å². The molecule has 0 bridgehead atoms. The summed E-state index contributed by atoms with van der Waals surface area (Å²) < 4.78 is 52.0. The molecule has 1 saturated heterocycles. The molecule has 214 valence electrons. The van der Waals surface area contributed by atoms with Crippen LogP contribution in [0.2, 0.25) is 5.02 Å². The summed E-state index contributed by atoms with van der Waals surface area (Å²) in [5.41, 5.74) is 3.80. The van der Waals surface area contributed by atoms with E-state index >= 15 is 0 Å². The molecule has 0 unspecified atom stereocenters. The molecule has 12 heteroatoms. The Kier molecular flexibility index (Phi) is 9.48. The molecule has 0 N–H and O–H groups in total. The van der Waals surface area contributed by atoms with Crippen molar-refractivity contribution in [1.82, 2.24) is 14.3 Å². The van der Waals surface area contributed by atoms with Gasteiger partial charge in [-0.2, -0.15) is 17.5 Å². The van der Waals surface area contributed by atoms with Gasteiger partial charge in [-0.3, -0.25) is 4.90 Å². The maximum absolute atomic E-state index is 12.5. The van der Waals surface area contributed by atoms with Gasteiger partial charge in [-0.05, 0) is 86.9 Å². The molecular weight excluding hydrogens is 567 g/mol. The molecule has 7 nitrogen and oxygen atoms in total. The molecule has 1 atom stereocenters. The van der Waals surface area contributed by atoms with E-state index in [1.54, 1.807) is 11.0 Å². The van der Waals surface area contributed by atoms with Crippen molar-refractivity contribution >= 4 is 35.1 Å². The van der Waals surface area contributed by atoms with E-state index in [2.05, 4.69) is 9.11 Å².